The molecule has 0 bridgehead atoms. The van der Waals surface area contributed by atoms with Crippen LogP contribution in [-0.4, -0.2) is 45.7 Å². The first-order chi connectivity index (χ1) is 12.2. The number of hydrogen-bond acceptors (Lipinski definition) is 5. The van der Waals surface area contributed by atoms with E-state index < -0.39 is 0 Å². The van der Waals surface area contributed by atoms with Crippen LogP contribution >= 0.6 is 0 Å². The molecule has 2 aliphatic rings. The van der Waals surface area contributed by atoms with E-state index in [0.29, 0.717) is 18.9 Å². The third-order valence-electron chi connectivity index (χ3n) is 5.03. The molecule has 0 spiro atoms. The van der Waals surface area contributed by atoms with Crippen molar-refractivity contribution in [2.24, 2.45) is 5.92 Å². The highest BCUT2D eigenvalue weighted by molar-refractivity contribution is 5.76. The van der Waals surface area contributed by atoms with Crippen molar-refractivity contribution in [3.8, 4) is 11.5 Å². The van der Waals surface area contributed by atoms with Crippen LogP contribution in [0.5, 0.6) is 11.5 Å². The van der Waals surface area contributed by atoms with E-state index in [9.17, 15) is 4.79 Å². The van der Waals surface area contributed by atoms with Gasteiger partial charge in [0.2, 0.25) is 12.7 Å². The van der Waals surface area contributed by atoms with Crippen molar-refractivity contribution in [3.05, 3.63) is 23.8 Å². The van der Waals surface area contributed by atoms with Crippen LogP contribution in [0.15, 0.2) is 18.2 Å². The molecule has 1 N–H and O–H groups in total. The third-order valence-corrected chi connectivity index (χ3v) is 5.03. The predicted molar refractivity (Wildman–Crippen MR) is 92.8 cm³/mol. The van der Waals surface area contributed by atoms with Crippen LogP contribution < -0.4 is 14.8 Å². The average Bonchev–Trinajstić information content (AvgIpc) is 3.09. The van der Waals surface area contributed by atoms with Gasteiger partial charge < -0.3 is 24.3 Å². The molecule has 1 amide bonds. The number of methoxy groups -OCH3 is 2. The third kappa shape index (κ3) is 4.86. The number of amides is 1. The summed E-state index contributed by atoms with van der Waals surface area (Å²) in [5, 5.41) is 3.02. The van der Waals surface area contributed by atoms with Crippen LogP contribution in [0.25, 0.3) is 0 Å². The number of ether oxygens (including phenoxy) is 4. The Hall–Kier alpha value is -1.79. The fourth-order valence-electron chi connectivity index (χ4n) is 3.65. The zero-order valence-corrected chi connectivity index (χ0v) is 15.0. The van der Waals surface area contributed by atoms with Gasteiger partial charge in [0.1, 0.15) is 0 Å². The van der Waals surface area contributed by atoms with Crippen molar-refractivity contribution in [1.29, 1.82) is 0 Å². The Bertz CT molecular complexity index is 579. The zero-order chi connectivity index (χ0) is 17.6. The lowest BCUT2D eigenvalue weighted by molar-refractivity contribution is -0.123. The second kappa shape index (κ2) is 8.54. The second-order valence-corrected chi connectivity index (χ2v) is 6.78. The summed E-state index contributed by atoms with van der Waals surface area (Å²) in [7, 11) is 3.45. The maximum absolute atomic E-state index is 12.2. The number of fused-ring (bicyclic) bond motifs is 1. The summed E-state index contributed by atoms with van der Waals surface area (Å²) >= 11 is 0. The number of hydrogen-bond donors (Lipinski definition) is 1. The minimum atomic E-state index is 0.0948. The monoisotopic (exact) mass is 349 g/mol. The van der Waals surface area contributed by atoms with Gasteiger partial charge in [0, 0.05) is 27.2 Å². The van der Waals surface area contributed by atoms with Crippen LogP contribution in [0.1, 0.15) is 31.2 Å². The largest absolute Gasteiger partial charge is 0.454 e. The summed E-state index contributed by atoms with van der Waals surface area (Å²) in [5.41, 5.74) is 1.13. The number of carbonyl (C=O) groups excluding carboxylic acids is 1. The van der Waals surface area contributed by atoms with Gasteiger partial charge in [0.05, 0.1) is 12.2 Å². The quantitative estimate of drug-likeness (QED) is 0.818. The Morgan fingerprint density at radius 3 is 2.56 bits per heavy atom. The lowest BCUT2D eigenvalue weighted by Crippen LogP contribution is -2.35. The lowest BCUT2D eigenvalue weighted by atomic mass is 9.83. The van der Waals surface area contributed by atoms with E-state index in [-0.39, 0.29) is 24.9 Å². The molecule has 1 aliphatic heterocycles. The Morgan fingerprint density at radius 1 is 1.12 bits per heavy atom. The molecule has 1 heterocycles. The molecule has 1 saturated carbocycles. The first-order valence-electron chi connectivity index (χ1n) is 8.88. The van der Waals surface area contributed by atoms with Crippen molar-refractivity contribution >= 4 is 5.91 Å². The van der Waals surface area contributed by atoms with E-state index in [1.807, 2.05) is 18.2 Å². The molecule has 1 aromatic rings. The second-order valence-electron chi connectivity index (χ2n) is 6.78. The van der Waals surface area contributed by atoms with Crippen LogP contribution in [0.4, 0.5) is 0 Å². The summed E-state index contributed by atoms with van der Waals surface area (Å²) < 4.78 is 21.6. The van der Waals surface area contributed by atoms with E-state index in [1.165, 1.54) is 0 Å². The minimum absolute atomic E-state index is 0.0948. The zero-order valence-electron chi connectivity index (χ0n) is 15.0. The first-order valence-corrected chi connectivity index (χ1v) is 8.88. The number of benzene rings is 1. The smallest absolute Gasteiger partial charge is 0.231 e. The van der Waals surface area contributed by atoms with Crippen LogP contribution in [0.3, 0.4) is 0 Å². The molecule has 1 aromatic carbocycles. The van der Waals surface area contributed by atoms with Crippen molar-refractivity contribution in [2.75, 3.05) is 27.6 Å². The van der Waals surface area contributed by atoms with Crippen molar-refractivity contribution in [1.82, 2.24) is 5.32 Å². The van der Waals surface area contributed by atoms with Gasteiger partial charge in [-0.2, -0.15) is 0 Å². The Balaban J connectivity index is 1.42. The van der Waals surface area contributed by atoms with E-state index in [1.54, 1.807) is 14.2 Å². The molecule has 6 heteroatoms. The van der Waals surface area contributed by atoms with Crippen molar-refractivity contribution in [2.45, 2.75) is 44.3 Å². The summed E-state index contributed by atoms with van der Waals surface area (Å²) in [6.07, 6.45) is 4.43. The molecule has 1 aliphatic carbocycles. The minimum Gasteiger partial charge on any atom is -0.454 e. The van der Waals surface area contributed by atoms with Gasteiger partial charge >= 0.3 is 0 Å². The highest BCUT2D eigenvalue weighted by Crippen LogP contribution is 2.32. The van der Waals surface area contributed by atoms with Crippen molar-refractivity contribution in [3.63, 3.8) is 0 Å². The number of carbonyl (C=O) groups is 1. The fraction of sp³-hybridized carbons (Fsp3) is 0.632. The summed E-state index contributed by atoms with van der Waals surface area (Å²) in [4.78, 5) is 12.2. The number of rotatable bonds is 7. The molecule has 2 unspecified atom stereocenters. The molecule has 138 valence electrons. The topological polar surface area (TPSA) is 66.0 Å². The number of nitrogens with one attached hydrogen (secondary N) is 1. The summed E-state index contributed by atoms with van der Waals surface area (Å²) in [6.45, 7) is 0.897. The molecule has 6 nitrogen and oxygen atoms in total. The van der Waals surface area contributed by atoms with Crippen LogP contribution in [-0.2, 0) is 20.7 Å². The van der Waals surface area contributed by atoms with Gasteiger partial charge in [0.15, 0.2) is 11.5 Å². The average molecular weight is 349 g/mol. The highest BCUT2D eigenvalue weighted by Gasteiger charge is 2.30. The van der Waals surface area contributed by atoms with Gasteiger partial charge in [-0.15, -0.1) is 0 Å². The lowest BCUT2D eigenvalue weighted by Gasteiger charge is -2.33. The molecule has 1 fully saturated rings. The normalized spacial score (nSPS) is 25.0. The van der Waals surface area contributed by atoms with Gasteiger partial charge in [-0.25, -0.2) is 0 Å². The Morgan fingerprint density at radius 2 is 1.84 bits per heavy atom. The molecular weight excluding hydrogens is 322 g/mol. The van der Waals surface area contributed by atoms with Gasteiger partial charge in [-0.05, 0) is 49.3 Å². The maximum atomic E-state index is 12.2. The van der Waals surface area contributed by atoms with E-state index in [2.05, 4.69) is 5.32 Å². The van der Waals surface area contributed by atoms with Crippen LogP contribution in [0.2, 0.25) is 0 Å². The molecule has 0 radical (unpaired) electrons. The Kier molecular flexibility index (Phi) is 6.15. The van der Waals surface area contributed by atoms with E-state index >= 15 is 0 Å². The van der Waals surface area contributed by atoms with Gasteiger partial charge in [0.25, 0.3) is 0 Å². The van der Waals surface area contributed by atoms with Crippen molar-refractivity contribution < 1.29 is 23.7 Å². The molecular formula is C19H27NO5. The fourth-order valence-corrected chi connectivity index (χ4v) is 3.65. The molecule has 25 heavy (non-hydrogen) atoms. The summed E-state index contributed by atoms with van der Waals surface area (Å²) in [6, 6.07) is 5.90. The predicted octanol–water partition coefficient (Wildman–Crippen LogP) is 2.29. The Labute approximate surface area is 148 Å². The van der Waals surface area contributed by atoms with Gasteiger partial charge in [-0.3, -0.25) is 4.79 Å². The molecule has 0 saturated heterocycles. The highest BCUT2D eigenvalue weighted by atomic mass is 16.7. The van der Waals surface area contributed by atoms with E-state index in [0.717, 1.165) is 42.7 Å². The molecule has 0 aromatic heterocycles. The molecule has 2 atom stereocenters. The molecule has 3 rings (SSSR count). The van der Waals surface area contributed by atoms with Gasteiger partial charge in [-0.1, -0.05) is 6.07 Å². The standard InChI is InChI=1S/C19H27NO5/c1-22-15-7-14(8-16(11-15)23-2)10-19(21)20-6-5-13-3-4-17-18(9-13)25-12-24-17/h3-4,9,14-16H,5-8,10-12H2,1-2H3,(H,20,21). The van der Waals surface area contributed by atoms with E-state index in [4.69, 9.17) is 18.9 Å². The SMILES string of the molecule is COC1CC(CC(=O)NCCc2ccc3c(c2)OCO3)CC(OC)C1. The maximum Gasteiger partial charge on any atom is 0.231 e. The van der Waals surface area contributed by atoms with Crippen LogP contribution in [0, 0.1) is 5.92 Å². The summed E-state index contributed by atoms with van der Waals surface area (Å²) in [5.74, 6) is 1.97. The first kappa shape index (κ1) is 18.0.